The Hall–Kier alpha value is -5.76. The molecule has 2 N–H and O–H groups in total. The zero-order chi connectivity index (χ0) is 35.6. The molecule has 0 spiro atoms. The Kier molecular flexibility index (Phi) is 9.99. The van der Waals surface area contributed by atoms with E-state index in [1.165, 1.54) is 0 Å². The summed E-state index contributed by atoms with van der Waals surface area (Å²) in [7, 11) is 0. The van der Waals surface area contributed by atoms with Crippen molar-refractivity contribution < 1.29 is 28.7 Å². The van der Waals surface area contributed by atoms with Crippen LogP contribution in [0.5, 0.6) is 0 Å². The van der Waals surface area contributed by atoms with E-state index >= 15 is 0 Å². The number of carbonyl (C=O) groups is 4. The molecule has 0 unspecified atom stereocenters. The second kappa shape index (κ2) is 14.2. The maximum atomic E-state index is 14.2. The summed E-state index contributed by atoms with van der Waals surface area (Å²) in [4.78, 5) is 52.0. The molecule has 0 atom stereocenters. The number of carbonyl (C=O) groups excluding carboxylic acids is 4. The Morgan fingerprint density at radius 2 is 1.04 bits per heavy atom. The van der Waals surface area contributed by atoms with Crippen LogP contribution in [-0.4, -0.2) is 30.1 Å². The molecule has 5 rings (SSSR count). The number of ketones is 2. The van der Waals surface area contributed by atoms with Gasteiger partial charge in [0, 0.05) is 40.1 Å². The lowest BCUT2D eigenvalue weighted by Crippen LogP contribution is -2.23. The summed E-state index contributed by atoms with van der Waals surface area (Å²) in [5.41, 5.74) is 10.1. The molecule has 0 bridgehead atoms. The smallest absolute Gasteiger partial charge is 0.333 e. The van der Waals surface area contributed by atoms with Crippen LogP contribution in [0.1, 0.15) is 79.1 Å². The predicted molar refractivity (Wildman–Crippen MR) is 192 cm³/mol. The summed E-state index contributed by atoms with van der Waals surface area (Å²) in [6, 6.07) is 18.4. The van der Waals surface area contributed by atoms with Crippen LogP contribution >= 0.6 is 0 Å². The van der Waals surface area contributed by atoms with Gasteiger partial charge in [-0.1, -0.05) is 61.7 Å². The number of benzene rings is 4. The zero-order valence-corrected chi connectivity index (χ0v) is 28.8. The Labute approximate surface area is 286 Å². The molecule has 250 valence electrons. The average molecular weight is 657 g/mol. The molecule has 0 saturated heterocycles. The molecular formula is C41H40N2O6. The van der Waals surface area contributed by atoms with E-state index in [1.54, 1.807) is 38.1 Å². The van der Waals surface area contributed by atoms with Crippen molar-refractivity contribution in [3.05, 3.63) is 141 Å². The molecule has 4 aromatic carbocycles. The van der Waals surface area contributed by atoms with E-state index in [1.807, 2.05) is 64.1 Å². The molecule has 0 heterocycles. The van der Waals surface area contributed by atoms with E-state index in [0.717, 1.165) is 44.8 Å². The Bertz CT molecular complexity index is 2030. The van der Waals surface area contributed by atoms with Gasteiger partial charge in [0.15, 0.2) is 11.6 Å². The van der Waals surface area contributed by atoms with Gasteiger partial charge in [-0.05, 0) is 87.1 Å². The lowest BCUT2D eigenvalue weighted by Gasteiger charge is -2.25. The molecule has 49 heavy (non-hydrogen) atoms. The standard InChI is InChI=1S/C41H40N2O6/c1-22(2)40(46)48-16-15-28-17-24(5)36(25(6)18-28)42-32-13-14-33(35-34(32)38(44)30-11-9-10-12-31(30)39(35)45)43-37-26(7)19-29(20-27(37)8)21-49-41(47)23(3)4/h9-14,17-20,42-43H,1,3,15-16,21H2,2,4-8H3. The normalized spacial score (nSPS) is 11.7. The maximum Gasteiger partial charge on any atom is 0.333 e. The first-order valence-electron chi connectivity index (χ1n) is 16.0. The van der Waals surface area contributed by atoms with Crippen molar-refractivity contribution in [1.29, 1.82) is 0 Å². The lowest BCUT2D eigenvalue weighted by molar-refractivity contribution is -0.140. The second-order valence-corrected chi connectivity index (χ2v) is 12.6. The molecule has 0 saturated carbocycles. The topological polar surface area (TPSA) is 111 Å². The third kappa shape index (κ3) is 7.23. The van der Waals surface area contributed by atoms with Crippen LogP contribution in [0.2, 0.25) is 0 Å². The van der Waals surface area contributed by atoms with Crippen molar-refractivity contribution in [2.24, 2.45) is 0 Å². The number of anilines is 4. The third-order valence-corrected chi connectivity index (χ3v) is 8.47. The number of esters is 2. The molecular weight excluding hydrogens is 616 g/mol. The van der Waals surface area contributed by atoms with Crippen LogP contribution < -0.4 is 10.6 Å². The average Bonchev–Trinajstić information content (AvgIpc) is 3.05. The molecule has 0 amide bonds. The predicted octanol–water partition coefficient (Wildman–Crippen LogP) is 8.46. The second-order valence-electron chi connectivity index (χ2n) is 12.6. The van der Waals surface area contributed by atoms with Crippen LogP contribution in [0.25, 0.3) is 0 Å². The molecule has 1 aliphatic rings. The van der Waals surface area contributed by atoms with Gasteiger partial charge in [0.05, 0.1) is 29.1 Å². The van der Waals surface area contributed by atoms with E-state index in [0.29, 0.717) is 51.2 Å². The number of rotatable bonds is 11. The molecule has 4 aromatic rings. The lowest BCUT2D eigenvalue weighted by atomic mass is 9.82. The van der Waals surface area contributed by atoms with Crippen LogP contribution in [0, 0.1) is 27.7 Å². The van der Waals surface area contributed by atoms with E-state index in [-0.39, 0.29) is 24.8 Å². The van der Waals surface area contributed by atoms with Crippen molar-refractivity contribution in [2.45, 2.75) is 54.6 Å². The summed E-state index contributed by atoms with van der Waals surface area (Å²) < 4.78 is 10.6. The molecule has 0 fully saturated rings. The molecule has 0 radical (unpaired) electrons. The molecule has 1 aliphatic carbocycles. The van der Waals surface area contributed by atoms with Crippen LogP contribution in [0.15, 0.2) is 85.0 Å². The first-order valence-corrected chi connectivity index (χ1v) is 16.0. The van der Waals surface area contributed by atoms with Crippen molar-refractivity contribution in [3.63, 3.8) is 0 Å². The highest BCUT2D eigenvalue weighted by atomic mass is 16.5. The number of aryl methyl sites for hydroxylation is 4. The third-order valence-electron chi connectivity index (χ3n) is 8.47. The maximum absolute atomic E-state index is 14.2. The van der Waals surface area contributed by atoms with Gasteiger partial charge in [-0.3, -0.25) is 9.59 Å². The van der Waals surface area contributed by atoms with Crippen LogP contribution in [-0.2, 0) is 32.1 Å². The Morgan fingerprint density at radius 3 is 1.47 bits per heavy atom. The van der Waals surface area contributed by atoms with Crippen molar-refractivity contribution in [2.75, 3.05) is 17.2 Å². The largest absolute Gasteiger partial charge is 0.462 e. The molecule has 8 heteroatoms. The van der Waals surface area contributed by atoms with Crippen molar-refractivity contribution >= 4 is 46.3 Å². The van der Waals surface area contributed by atoms with E-state index in [2.05, 4.69) is 23.8 Å². The van der Waals surface area contributed by atoms with E-state index in [4.69, 9.17) is 9.47 Å². The minimum atomic E-state index is -0.454. The summed E-state index contributed by atoms with van der Waals surface area (Å²) in [5, 5.41) is 6.93. The molecule has 8 nitrogen and oxygen atoms in total. The fraction of sp³-hybridized carbons (Fsp3) is 0.220. The highest BCUT2D eigenvalue weighted by Gasteiger charge is 2.34. The Morgan fingerprint density at radius 1 is 0.633 bits per heavy atom. The highest BCUT2D eigenvalue weighted by Crippen LogP contribution is 2.40. The monoisotopic (exact) mass is 656 g/mol. The first kappa shape index (κ1) is 34.6. The quantitative estimate of drug-likeness (QED) is 0.108. The minimum Gasteiger partial charge on any atom is -0.462 e. The number of ether oxygens (including phenoxy) is 2. The minimum absolute atomic E-state index is 0.107. The van der Waals surface area contributed by atoms with Gasteiger partial charge in [0.25, 0.3) is 0 Å². The molecule has 0 aromatic heterocycles. The SMILES string of the molecule is C=C(C)C(=O)OCCc1cc(C)c(Nc2ccc(Nc3c(C)cc(COC(=O)C(=C)C)cc3C)c3c2C(=O)c2ccccc2C3=O)c(C)c1. The van der Waals surface area contributed by atoms with Gasteiger partial charge in [-0.15, -0.1) is 0 Å². The summed E-state index contributed by atoms with van der Waals surface area (Å²) in [6.45, 7) is 18.6. The number of fused-ring (bicyclic) bond motifs is 2. The van der Waals surface area contributed by atoms with Crippen molar-refractivity contribution in [3.8, 4) is 0 Å². The summed E-state index contributed by atoms with van der Waals surface area (Å²) in [5.74, 6) is -1.36. The Balaban J connectivity index is 1.51. The van der Waals surface area contributed by atoms with Gasteiger partial charge in [0.2, 0.25) is 0 Å². The number of hydrogen-bond acceptors (Lipinski definition) is 8. The van der Waals surface area contributed by atoms with Crippen LogP contribution in [0.3, 0.4) is 0 Å². The molecule has 0 aliphatic heterocycles. The van der Waals surface area contributed by atoms with E-state index in [9.17, 15) is 19.2 Å². The van der Waals surface area contributed by atoms with Crippen molar-refractivity contribution in [1.82, 2.24) is 0 Å². The van der Waals surface area contributed by atoms with Gasteiger partial charge in [-0.25, -0.2) is 9.59 Å². The fourth-order valence-electron chi connectivity index (χ4n) is 6.09. The van der Waals surface area contributed by atoms with Gasteiger partial charge < -0.3 is 20.1 Å². The van der Waals surface area contributed by atoms with Gasteiger partial charge >= 0.3 is 11.9 Å². The van der Waals surface area contributed by atoms with Gasteiger partial charge in [0.1, 0.15) is 6.61 Å². The van der Waals surface area contributed by atoms with E-state index < -0.39 is 11.9 Å². The van der Waals surface area contributed by atoms with Gasteiger partial charge in [-0.2, -0.15) is 0 Å². The first-order chi connectivity index (χ1) is 23.3. The number of hydrogen-bond donors (Lipinski definition) is 2. The van der Waals surface area contributed by atoms with Crippen LogP contribution in [0.4, 0.5) is 22.7 Å². The highest BCUT2D eigenvalue weighted by molar-refractivity contribution is 6.32. The summed E-state index contributed by atoms with van der Waals surface area (Å²) >= 11 is 0. The zero-order valence-electron chi connectivity index (χ0n) is 28.8. The summed E-state index contributed by atoms with van der Waals surface area (Å²) in [6.07, 6.45) is 0.542. The number of nitrogens with one attached hydrogen (secondary N) is 2. The fourth-order valence-corrected chi connectivity index (χ4v) is 6.09.